The number of ether oxygens (including phenoxy) is 2. The van der Waals surface area contributed by atoms with Gasteiger partial charge in [0.2, 0.25) is 0 Å². The third kappa shape index (κ3) is 6.87. The van der Waals surface area contributed by atoms with E-state index >= 15 is 0 Å². The van der Waals surface area contributed by atoms with Crippen molar-refractivity contribution >= 4 is 66.6 Å². The molecule has 10 heteroatoms. The van der Waals surface area contributed by atoms with Gasteiger partial charge in [0.15, 0.2) is 0 Å². The minimum absolute atomic E-state index is 0.0582. The Hall–Kier alpha value is -3.21. The molecule has 3 aromatic rings. The van der Waals surface area contributed by atoms with E-state index in [2.05, 4.69) is 36.9 Å². The molecule has 0 aromatic heterocycles. The van der Waals surface area contributed by atoms with Crippen molar-refractivity contribution in [3.63, 3.8) is 0 Å². The first-order valence-electron chi connectivity index (χ1n) is 11.7. The van der Waals surface area contributed by atoms with E-state index in [0.29, 0.717) is 30.7 Å². The van der Waals surface area contributed by atoms with E-state index in [1.807, 2.05) is 6.07 Å². The highest BCUT2D eigenvalue weighted by Crippen LogP contribution is 2.41. The lowest BCUT2D eigenvalue weighted by atomic mass is 10.1. The van der Waals surface area contributed by atoms with Crippen LogP contribution in [0.2, 0.25) is 0 Å². The van der Waals surface area contributed by atoms with Crippen molar-refractivity contribution in [3.8, 4) is 5.75 Å². The predicted molar refractivity (Wildman–Crippen MR) is 157 cm³/mol. The number of amides is 1. The molecule has 39 heavy (non-hydrogen) atoms. The molecule has 0 bridgehead atoms. The van der Waals surface area contributed by atoms with E-state index in [0.717, 1.165) is 22.9 Å². The van der Waals surface area contributed by atoms with E-state index in [1.165, 1.54) is 12.1 Å². The van der Waals surface area contributed by atoms with Gasteiger partial charge in [0.1, 0.15) is 34.5 Å². The number of hydrogen-bond donors (Lipinski definition) is 1. The fourth-order valence-corrected chi connectivity index (χ4v) is 6.11. The van der Waals surface area contributed by atoms with Crippen molar-refractivity contribution in [2.24, 2.45) is 4.99 Å². The topological polar surface area (TPSA) is 85.2 Å². The van der Waals surface area contributed by atoms with Gasteiger partial charge in [-0.3, -0.25) is 4.79 Å². The molecule has 0 saturated heterocycles. The van der Waals surface area contributed by atoms with Gasteiger partial charge in [-0.2, -0.15) is 0 Å². The normalized spacial score (nSPS) is 15.2. The maximum atomic E-state index is 13.2. The lowest BCUT2D eigenvalue weighted by molar-refractivity contribution is -0.138. The lowest BCUT2D eigenvalue weighted by Gasteiger charge is -2.12. The first kappa shape index (κ1) is 28.8. The monoisotopic (exact) mass is 673 g/mol. The maximum absolute atomic E-state index is 13.2. The van der Waals surface area contributed by atoms with E-state index in [9.17, 15) is 19.1 Å². The van der Waals surface area contributed by atoms with Gasteiger partial charge in [-0.1, -0.05) is 42.1 Å². The molecule has 0 spiro atoms. The van der Waals surface area contributed by atoms with Crippen LogP contribution in [0.25, 0.3) is 6.08 Å². The molecule has 4 rings (SSSR count). The summed E-state index contributed by atoms with van der Waals surface area (Å²) in [4.78, 5) is 30.1. The number of rotatable bonds is 7. The third-order valence-electron chi connectivity index (χ3n) is 5.56. The quantitative estimate of drug-likeness (QED) is 0.256. The summed E-state index contributed by atoms with van der Waals surface area (Å²) >= 11 is 8.03. The Morgan fingerprint density at radius 2 is 1.74 bits per heavy atom. The molecular formula is C29H22Br2FNO5S. The van der Waals surface area contributed by atoms with Crippen LogP contribution in [0.15, 0.2) is 90.8 Å². The number of thioether (sulfide) groups is 1. The first-order chi connectivity index (χ1) is 18.7. The molecular weight excluding hydrogens is 653 g/mol. The Kier molecular flexibility index (Phi) is 9.42. The molecule has 1 heterocycles. The van der Waals surface area contributed by atoms with Crippen LogP contribution in [0.3, 0.4) is 0 Å². The second-order valence-electron chi connectivity index (χ2n) is 8.32. The summed E-state index contributed by atoms with van der Waals surface area (Å²) in [6.45, 7) is 3.77. The average Bonchev–Trinajstić information content (AvgIpc) is 3.19. The Morgan fingerprint density at radius 3 is 2.38 bits per heavy atom. The standard InChI is InChI=1S/C29H22Br2FNO5S/c1-3-37-29(36)24-25(34)23(39-28(24)33-27(35)20-7-5-4-6-16(20)2)14-18-12-21(30)26(22(31)13-18)38-15-17-8-10-19(32)11-9-17/h4-14,34H,3,15H2,1-2H3/b23-14-,33-28?. The lowest BCUT2D eigenvalue weighted by Crippen LogP contribution is -2.14. The zero-order valence-corrected chi connectivity index (χ0v) is 24.8. The molecule has 200 valence electrons. The minimum Gasteiger partial charge on any atom is -0.506 e. The smallest absolute Gasteiger partial charge is 0.344 e. The summed E-state index contributed by atoms with van der Waals surface area (Å²) in [7, 11) is 0. The SMILES string of the molecule is CCOC(=O)C1=C(O)/C(=C/c2cc(Br)c(OCc3ccc(F)cc3)c(Br)c2)SC1=NC(=O)c1ccccc1C. The highest BCUT2D eigenvalue weighted by atomic mass is 79.9. The van der Waals surface area contributed by atoms with Crippen LogP contribution < -0.4 is 4.74 Å². The number of nitrogens with zero attached hydrogens (tertiary/aromatic N) is 1. The predicted octanol–water partition coefficient (Wildman–Crippen LogP) is 7.94. The van der Waals surface area contributed by atoms with E-state index in [4.69, 9.17) is 9.47 Å². The Balaban J connectivity index is 1.63. The van der Waals surface area contributed by atoms with Crippen LogP contribution in [-0.4, -0.2) is 28.6 Å². The zero-order valence-electron chi connectivity index (χ0n) is 20.8. The van der Waals surface area contributed by atoms with Crippen molar-refractivity contribution in [2.45, 2.75) is 20.5 Å². The van der Waals surface area contributed by atoms with Crippen LogP contribution in [0, 0.1) is 12.7 Å². The minimum atomic E-state index is -0.769. The maximum Gasteiger partial charge on any atom is 0.344 e. The van der Waals surface area contributed by atoms with Crippen molar-refractivity contribution < 1.29 is 28.6 Å². The van der Waals surface area contributed by atoms with Crippen molar-refractivity contribution in [3.05, 3.63) is 114 Å². The van der Waals surface area contributed by atoms with Gasteiger partial charge in [-0.15, -0.1) is 0 Å². The molecule has 0 radical (unpaired) electrons. The van der Waals surface area contributed by atoms with Crippen molar-refractivity contribution in [1.29, 1.82) is 0 Å². The van der Waals surface area contributed by atoms with Crippen LogP contribution in [0.1, 0.15) is 34.0 Å². The number of carbonyl (C=O) groups excluding carboxylic acids is 2. The van der Waals surface area contributed by atoms with Crippen molar-refractivity contribution in [2.75, 3.05) is 6.61 Å². The van der Waals surface area contributed by atoms with E-state index in [1.54, 1.807) is 62.4 Å². The number of aliphatic imine (C=N–C) groups is 1. The second kappa shape index (κ2) is 12.8. The van der Waals surface area contributed by atoms with E-state index in [-0.39, 0.29) is 35.4 Å². The zero-order chi connectivity index (χ0) is 28.1. The Labute approximate surface area is 245 Å². The summed E-state index contributed by atoms with van der Waals surface area (Å²) in [5.74, 6) is -1.40. The first-order valence-corrected chi connectivity index (χ1v) is 14.1. The second-order valence-corrected chi connectivity index (χ2v) is 11.1. The largest absolute Gasteiger partial charge is 0.506 e. The van der Waals surface area contributed by atoms with Crippen LogP contribution in [0.5, 0.6) is 5.75 Å². The number of aliphatic hydroxyl groups is 1. The Morgan fingerprint density at radius 1 is 1.08 bits per heavy atom. The molecule has 1 aliphatic rings. The van der Waals surface area contributed by atoms with Gasteiger partial charge in [-0.05, 0) is 98.8 Å². The summed E-state index contributed by atoms with van der Waals surface area (Å²) in [6, 6.07) is 16.6. The molecule has 0 atom stereocenters. The van der Waals surface area contributed by atoms with Crippen LogP contribution in [-0.2, 0) is 16.1 Å². The number of aryl methyl sites for hydroxylation is 1. The van der Waals surface area contributed by atoms with Gasteiger partial charge >= 0.3 is 5.97 Å². The summed E-state index contributed by atoms with van der Waals surface area (Å²) in [6.07, 6.45) is 1.67. The highest BCUT2D eigenvalue weighted by Gasteiger charge is 2.34. The van der Waals surface area contributed by atoms with Gasteiger partial charge in [0.25, 0.3) is 5.91 Å². The van der Waals surface area contributed by atoms with Gasteiger partial charge in [0.05, 0.1) is 20.5 Å². The molecule has 0 fully saturated rings. The fraction of sp³-hybridized carbons (Fsp3) is 0.138. The molecule has 0 aliphatic carbocycles. The summed E-state index contributed by atoms with van der Waals surface area (Å²) in [5, 5.41) is 11.0. The van der Waals surface area contributed by atoms with Gasteiger partial charge in [-0.25, -0.2) is 14.2 Å². The number of benzene rings is 3. The molecule has 0 unspecified atom stereocenters. The van der Waals surface area contributed by atoms with Crippen molar-refractivity contribution in [1.82, 2.24) is 0 Å². The number of halogens is 3. The number of esters is 1. The third-order valence-corrected chi connectivity index (χ3v) is 7.76. The molecule has 1 N–H and O–H groups in total. The number of hydrogen-bond acceptors (Lipinski definition) is 6. The van der Waals surface area contributed by atoms with Crippen LogP contribution in [0.4, 0.5) is 4.39 Å². The molecule has 3 aromatic carbocycles. The molecule has 0 saturated carbocycles. The number of carbonyl (C=O) groups is 2. The van der Waals surface area contributed by atoms with Crippen LogP contribution >= 0.6 is 43.6 Å². The highest BCUT2D eigenvalue weighted by molar-refractivity contribution is 9.11. The van der Waals surface area contributed by atoms with Gasteiger partial charge < -0.3 is 14.6 Å². The molecule has 1 aliphatic heterocycles. The summed E-state index contributed by atoms with van der Waals surface area (Å²) in [5.41, 5.74) is 2.46. The summed E-state index contributed by atoms with van der Waals surface area (Å²) < 4.78 is 25.5. The molecule has 1 amide bonds. The fourth-order valence-electron chi connectivity index (χ4n) is 3.65. The van der Waals surface area contributed by atoms with E-state index < -0.39 is 11.9 Å². The molecule has 6 nitrogen and oxygen atoms in total. The van der Waals surface area contributed by atoms with Gasteiger partial charge in [0, 0.05) is 5.56 Å². The number of aliphatic hydroxyl groups excluding tert-OH is 1. The Bertz CT molecular complexity index is 1510. The average molecular weight is 675 g/mol.